The van der Waals surface area contributed by atoms with E-state index in [9.17, 15) is 8.42 Å². The highest BCUT2D eigenvalue weighted by molar-refractivity contribution is 7.90. The number of hydrogen-bond acceptors (Lipinski definition) is 5. The first-order chi connectivity index (χ1) is 12.7. The van der Waals surface area contributed by atoms with Crippen LogP contribution < -0.4 is 10.6 Å². The molecule has 1 atom stereocenters. The predicted octanol–water partition coefficient (Wildman–Crippen LogP) is 0.699. The minimum atomic E-state index is -3.19. The fraction of sp³-hybridized carbons (Fsp3) is 0.632. The molecule has 0 radical (unpaired) electrons. The summed E-state index contributed by atoms with van der Waals surface area (Å²) in [6, 6.07) is 5.85. The van der Waals surface area contributed by atoms with Gasteiger partial charge in [0.1, 0.15) is 0 Å². The van der Waals surface area contributed by atoms with Gasteiger partial charge in [-0.3, -0.25) is 4.90 Å². The second-order valence-corrected chi connectivity index (χ2v) is 9.33. The number of piperazine rings is 1. The van der Waals surface area contributed by atoms with Crippen molar-refractivity contribution in [2.75, 3.05) is 53.1 Å². The summed E-state index contributed by atoms with van der Waals surface area (Å²) < 4.78 is 23.5. The predicted molar refractivity (Wildman–Crippen MR) is 111 cm³/mol. The molecule has 2 N–H and O–H groups in total. The lowest BCUT2D eigenvalue weighted by Gasteiger charge is -2.37. The van der Waals surface area contributed by atoms with Crippen LogP contribution in [0.5, 0.6) is 0 Å². The van der Waals surface area contributed by atoms with Gasteiger partial charge in [0.2, 0.25) is 0 Å². The number of nitrogens with one attached hydrogen (secondary N) is 2. The standard InChI is InChI=1S/C19H33N5O2S/c1-6-20-19(22-13-17-14-23(3)9-10-24(17)4)21-12-16-7-8-18(15(2)11-16)27(5,25)26/h7-8,11,17H,6,9-10,12-14H2,1-5H3,(H2,20,21,22). The third kappa shape index (κ3) is 6.48. The van der Waals surface area contributed by atoms with E-state index in [2.05, 4.69) is 39.5 Å². The lowest BCUT2D eigenvalue weighted by Crippen LogP contribution is -2.55. The minimum Gasteiger partial charge on any atom is -0.357 e. The van der Waals surface area contributed by atoms with E-state index in [-0.39, 0.29) is 0 Å². The monoisotopic (exact) mass is 395 g/mol. The van der Waals surface area contributed by atoms with Crippen molar-refractivity contribution in [2.45, 2.75) is 31.3 Å². The van der Waals surface area contributed by atoms with E-state index in [1.807, 2.05) is 26.0 Å². The first-order valence-corrected chi connectivity index (χ1v) is 11.3. The smallest absolute Gasteiger partial charge is 0.191 e. The highest BCUT2D eigenvalue weighted by Gasteiger charge is 2.22. The molecule has 1 aromatic carbocycles. The number of nitrogens with zero attached hydrogens (tertiary/aromatic N) is 3. The normalized spacial score (nSPS) is 19.9. The number of likely N-dealkylation sites (N-methyl/N-ethyl adjacent to an activating group) is 2. The quantitative estimate of drug-likeness (QED) is 0.545. The van der Waals surface area contributed by atoms with Crippen LogP contribution in [0.15, 0.2) is 28.1 Å². The van der Waals surface area contributed by atoms with Crippen molar-refractivity contribution in [3.63, 3.8) is 0 Å². The van der Waals surface area contributed by atoms with Crippen LogP contribution in [0.25, 0.3) is 0 Å². The van der Waals surface area contributed by atoms with Gasteiger partial charge in [-0.05, 0) is 45.1 Å². The van der Waals surface area contributed by atoms with Gasteiger partial charge in [-0.25, -0.2) is 13.4 Å². The van der Waals surface area contributed by atoms with Crippen molar-refractivity contribution < 1.29 is 8.42 Å². The van der Waals surface area contributed by atoms with Crippen LogP contribution in [-0.4, -0.2) is 83.3 Å². The highest BCUT2D eigenvalue weighted by Crippen LogP contribution is 2.17. The Labute approximate surface area is 163 Å². The molecule has 0 saturated carbocycles. The number of rotatable bonds is 6. The summed E-state index contributed by atoms with van der Waals surface area (Å²) in [6.45, 7) is 9.20. The molecule has 8 heteroatoms. The van der Waals surface area contributed by atoms with Gasteiger partial charge in [-0.15, -0.1) is 0 Å². The van der Waals surface area contributed by atoms with Gasteiger partial charge in [-0.1, -0.05) is 12.1 Å². The number of aliphatic imine (C=N–C) groups is 1. The van der Waals surface area contributed by atoms with Crippen LogP contribution in [0, 0.1) is 6.92 Å². The van der Waals surface area contributed by atoms with Gasteiger partial charge in [0.05, 0.1) is 11.4 Å². The van der Waals surface area contributed by atoms with Crippen molar-refractivity contribution >= 4 is 15.8 Å². The van der Waals surface area contributed by atoms with Crippen LogP contribution in [0.4, 0.5) is 0 Å². The van der Waals surface area contributed by atoms with Crippen molar-refractivity contribution in [1.29, 1.82) is 0 Å². The summed E-state index contributed by atoms with van der Waals surface area (Å²) in [6.07, 6.45) is 1.24. The molecule has 2 rings (SSSR count). The Balaban J connectivity index is 2.01. The molecular formula is C19H33N5O2S. The van der Waals surface area contributed by atoms with E-state index in [1.165, 1.54) is 6.26 Å². The first-order valence-electron chi connectivity index (χ1n) is 9.41. The zero-order chi connectivity index (χ0) is 20.0. The minimum absolute atomic E-state index is 0.379. The molecule has 1 saturated heterocycles. The third-order valence-corrected chi connectivity index (χ3v) is 6.15. The second-order valence-electron chi connectivity index (χ2n) is 7.34. The Morgan fingerprint density at radius 1 is 1.26 bits per heavy atom. The molecule has 0 aromatic heterocycles. The van der Waals surface area contributed by atoms with Crippen molar-refractivity contribution in [3.05, 3.63) is 29.3 Å². The van der Waals surface area contributed by atoms with Gasteiger partial charge in [0.25, 0.3) is 0 Å². The molecule has 0 bridgehead atoms. The molecule has 7 nitrogen and oxygen atoms in total. The Bertz CT molecular complexity index is 763. The number of hydrogen-bond donors (Lipinski definition) is 2. The van der Waals surface area contributed by atoms with Crippen LogP contribution >= 0.6 is 0 Å². The van der Waals surface area contributed by atoms with Gasteiger partial charge < -0.3 is 15.5 Å². The molecule has 152 valence electrons. The molecule has 1 unspecified atom stereocenters. The van der Waals surface area contributed by atoms with Gasteiger partial charge in [-0.2, -0.15) is 0 Å². The molecule has 0 amide bonds. The number of guanidine groups is 1. The lowest BCUT2D eigenvalue weighted by molar-refractivity contribution is 0.116. The topological polar surface area (TPSA) is 77.0 Å². The first kappa shape index (κ1) is 21.7. The fourth-order valence-electron chi connectivity index (χ4n) is 3.27. The molecule has 1 aliphatic rings. The van der Waals surface area contributed by atoms with E-state index in [4.69, 9.17) is 0 Å². The molecule has 1 heterocycles. The molecule has 1 aromatic rings. The third-order valence-electron chi connectivity index (χ3n) is 4.89. The summed E-state index contributed by atoms with van der Waals surface area (Å²) in [4.78, 5) is 9.77. The number of aryl methyl sites for hydroxylation is 1. The van der Waals surface area contributed by atoms with Crippen LogP contribution in [0.1, 0.15) is 18.1 Å². The Kier molecular flexibility index (Phi) is 7.64. The van der Waals surface area contributed by atoms with Crippen LogP contribution in [-0.2, 0) is 16.4 Å². The summed E-state index contributed by atoms with van der Waals surface area (Å²) in [7, 11) is 1.13. The zero-order valence-electron chi connectivity index (χ0n) is 17.1. The lowest BCUT2D eigenvalue weighted by atomic mass is 10.1. The van der Waals surface area contributed by atoms with Crippen molar-refractivity contribution in [1.82, 2.24) is 20.4 Å². The molecule has 27 heavy (non-hydrogen) atoms. The molecule has 1 fully saturated rings. The summed E-state index contributed by atoms with van der Waals surface area (Å²) in [5.41, 5.74) is 1.75. The largest absolute Gasteiger partial charge is 0.357 e. The van der Waals surface area contributed by atoms with Crippen molar-refractivity contribution in [2.24, 2.45) is 4.99 Å². The average Bonchev–Trinajstić information content (AvgIpc) is 2.59. The maximum atomic E-state index is 11.7. The Morgan fingerprint density at radius 3 is 2.63 bits per heavy atom. The van der Waals surface area contributed by atoms with E-state index in [0.29, 0.717) is 17.5 Å². The SMILES string of the molecule is CCNC(=NCc1ccc(S(C)(=O)=O)c(C)c1)NCC1CN(C)CCN1C. The molecule has 0 spiro atoms. The summed E-state index contributed by atoms with van der Waals surface area (Å²) >= 11 is 0. The van der Waals surface area contributed by atoms with Gasteiger partial charge in [0, 0.05) is 45.0 Å². The van der Waals surface area contributed by atoms with Crippen LogP contribution in [0.3, 0.4) is 0 Å². The average molecular weight is 396 g/mol. The van der Waals surface area contributed by atoms with Gasteiger partial charge >= 0.3 is 0 Å². The highest BCUT2D eigenvalue weighted by atomic mass is 32.2. The summed E-state index contributed by atoms with van der Waals surface area (Å²) in [5, 5.41) is 6.72. The van der Waals surface area contributed by atoms with Gasteiger partial charge in [0.15, 0.2) is 15.8 Å². The maximum absolute atomic E-state index is 11.7. The number of benzene rings is 1. The van der Waals surface area contributed by atoms with Crippen LogP contribution in [0.2, 0.25) is 0 Å². The molecule has 1 aliphatic heterocycles. The Morgan fingerprint density at radius 2 is 2.00 bits per heavy atom. The van der Waals surface area contributed by atoms with E-state index in [0.717, 1.165) is 49.8 Å². The number of sulfone groups is 1. The fourth-order valence-corrected chi connectivity index (χ4v) is 4.23. The van der Waals surface area contributed by atoms with E-state index in [1.54, 1.807) is 6.07 Å². The second kappa shape index (κ2) is 9.52. The zero-order valence-corrected chi connectivity index (χ0v) is 17.9. The van der Waals surface area contributed by atoms with Crippen molar-refractivity contribution in [3.8, 4) is 0 Å². The summed E-state index contributed by atoms with van der Waals surface area (Å²) in [5.74, 6) is 0.781. The molecular weight excluding hydrogens is 362 g/mol. The van der Waals surface area contributed by atoms with E-state index < -0.39 is 9.84 Å². The maximum Gasteiger partial charge on any atom is 0.191 e. The molecule has 0 aliphatic carbocycles. The van der Waals surface area contributed by atoms with E-state index >= 15 is 0 Å². The Hall–Kier alpha value is -1.64.